The number of benzene rings is 1. The zero-order valence-electron chi connectivity index (χ0n) is 10.2. The Morgan fingerprint density at radius 3 is 3.00 bits per heavy atom. The van der Waals surface area contributed by atoms with Crippen LogP contribution in [0.1, 0.15) is 12.5 Å². The Morgan fingerprint density at radius 1 is 1.47 bits per heavy atom. The van der Waals surface area contributed by atoms with Gasteiger partial charge in [0.1, 0.15) is 11.3 Å². The average molecular weight is 260 g/mol. The minimum atomic E-state index is -0.570. The zero-order valence-corrected chi connectivity index (χ0v) is 10.2. The molecular formula is C13H12N2O4. The lowest BCUT2D eigenvalue weighted by Gasteiger charge is -2.04. The third-order valence-corrected chi connectivity index (χ3v) is 2.48. The summed E-state index contributed by atoms with van der Waals surface area (Å²) in [4.78, 5) is 23.0. The van der Waals surface area contributed by atoms with Crippen LogP contribution in [0.5, 0.6) is 5.75 Å². The summed E-state index contributed by atoms with van der Waals surface area (Å²) in [5, 5.41) is 13.6. The van der Waals surface area contributed by atoms with Crippen molar-refractivity contribution in [2.24, 2.45) is 5.10 Å². The molecule has 6 heteroatoms. The third kappa shape index (κ3) is 2.98. The maximum absolute atomic E-state index is 11.6. The molecule has 0 spiro atoms. The number of hydrogen-bond donors (Lipinski definition) is 2. The van der Waals surface area contributed by atoms with E-state index in [1.807, 2.05) is 0 Å². The smallest absolute Gasteiger partial charge is 0.336 e. The minimum Gasteiger partial charge on any atom is -0.508 e. The molecule has 0 atom stereocenters. The van der Waals surface area contributed by atoms with E-state index < -0.39 is 5.63 Å². The number of hydrogen-bond acceptors (Lipinski definition) is 5. The summed E-state index contributed by atoms with van der Waals surface area (Å²) in [5.41, 5.74) is 2.52. The molecule has 6 nitrogen and oxygen atoms in total. The standard InChI is InChI=1S/C13H12N2O4/c1-2-14-15-12(17)5-8-6-13(18)19-11-7-9(16)3-4-10(8)11/h2-4,6-7,16H,5H2,1H3,(H,15,17)/b14-2+. The van der Waals surface area contributed by atoms with Gasteiger partial charge in [-0.1, -0.05) is 0 Å². The van der Waals surface area contributed by atoms with Crippen LogP contribution in [0.2, 0.25) is 0 Å². The number of carbonyl (C=O) groups excluding carboxylic acids is 1. The van der Waals surface area contributed by atoms with Gasteiger partial charge in [-0.15, -0.1) is 0 Å². The first-order valence-corrected chi connectivity index (χ1v) is 5.62. The van der Waals surface area contributed by atoms with Gasteiger partial charge >= 0.3 is 5.63 Å². The SMILES string of the molecule is C/C=N/NC(=O)Cc1cc(=O)oc2cc(O)ccc12. The lowest BCUT2D eigenvalue weighted by Crippen LogP contribution is -2.20. The number of phenols is 1. The molecule has 2 rings (SSSR count). The monoisotopic (exact) mass is 260 g/mol. The largest absolute Gasteiger partial charge is 0.508 e. The molecule has 0 fully saturated rings. The highest BCUT2D eigenvalue weighted by Crippen LogP contribution is 2.21. The van der Waals surface area contributed by atoms with Crippen molar-refractivity contribution >= 4 is 23.1 Å². The maximum atomic E-state index is 11.6. The van der Waals surface area contributed by atoms with E-state index in [9.17, 15) is 14.7 Å². The van der Waals surface area contributed by atoms with E-state index in [1.165, 1.54) is 24.4 Å². The molecule has 0 aliphatic carbocycles. The van der Waals surface area contributed by atoms with Gasteiger partial charge in [0.05, 0.1) is 6.42 Å². The predicted molar refractivity (Wildman–Crippen MR) is 70.2 cm³/mol. The molecule has 98 valence electrons. The van der Waals surface area contributed by atoms with E-state index in [1.54, 1.807) is 13.0 Å². The second-order valence-corrected chi connectivity index (χ2v) is 3.87. The number of nitrogens with one attached hydrogen (secondary N) is 1. The van der Waals surface area contributed by atoms with Crippen LogP contribution >= 0.6 is 0 Å². The number of phenolic OH excluding ortho intramolecular Hbond substituents is 1. The molecule has 1 aromatic heterocycles. The number of nitrogens with zero attached hydrogens (tertiary/aromatic N) is 1. The van der Waals surface area contributed by atoms with Crippen molar-refractivity contribution in [1.82, 2.24) is 5.43 Å². The van der Waals surface area contributed by atoms with Crippen molar-refractivity contribution in [1.29, 1.82) is 0 Å². The van der Waals surface area contributed by atoms with Crippen LogP contribution in [0, 0.1) is 0 Å². The fourth-order valence-corrected chi connectivity index (χ4v) is 1.71. The second kappa shape index (κ2) is 5.34. The van der Waals surface area contributed by atoms with Gasteiger partial charge in [-0.05, 0) is 24.6 Å². The summed E-state index contributed by atoms with van der Waals surface area (Å²) in [7, 11) is 0. The Hall–Kier alpha value is -2.63. The van der Waals surface area contributed by atoms with Crippen molar-refractivity contribution in [2.45, 2.75) is 13.3 Å². The van der Waals surface area contributed by atoms with Gasteiger partial charge in [0.25, 0.3) is 0 Å². The fraction of sp³-hybridized carbons (Fsp3) is 0.154. The van der Waals surface area contributed by atoms with Gasteiger partial charge in [0.2, 0.25) is 5.91 Å². The van der Waals surface area contributed by atoms with E-state index >= 15 is 0 Å². The highest BCUT2D eigenvalue weighted by atomic mass is 16.4. The number of rotatable bonds is 3. The quantitative estimate of drug-likeness (QED) is 0.492. The van der Waals surface area contributed by atoms with Crippen LogP contribution in [0.4, 0.5) is 0 Å². The summed E-state index contributed by atoms with van der Waals surface area (Å²) in [5.74, 6) is -0.342. The van der Waals surface area contributed by atoms with Gasteiger partial charge in [-0.25, -0.2) is 10.2 Å². The third-order valence-electron chi connectivity index (χ3n) is 2.48. The first-order valence-electron chi connectivity index (χ1n) is 5.62. The predicted octanol–water partition coefficient (Wildman–Crippen LogP) is 1.16. The Morgan fingerprint density at radius 2 is 2.26 bits per heavy atom. The van der Waals surface area contributed by atoms with Crippen LogP contribution < -0.4 is 11.1 Å². The average Bonchev–Trinajstić information content (AvgIpc) is 2.35. The Balaban J connectivity index is 2.42. The number of fused-ring (bicyclic) bond motifs is 1. The fourth-order valence-electron chi connectivity index (χ4n) is 1.71. The van der Waals surface area contributed by atoms with E-state index in [0.29, 0.717) is 10.9 Å². The van der Waals surface area contributed by atoms with Crippen LogP contribution in [-0.2, 0) is 11.2 Å². The zero-order chi connectivity index (χ0) is 13.8. The number of aromatic hydroxyl groups is 1. The van der Waals surface area contributed by atoms with Crippen molar-refractivity contribution in [3.8, 4) is 5.75 Å². The molecule has 0 aliphatic heterocycles. The summed E-state index contributed by atoms with van der Waals surface area (Å²) >= 11 is 0. The highest BCUT2D eigenvalue weighted by Gasteiger charge is 2.10. The van der Waals surface area contributed by atoms with Crippen LogP contribution in [0.25, 0.3) is 11.0 Å². The van der Waals surface area contributed by atoms with Crippen LogP contribution in [0.3, 0.4) is 0 Å². The molecule has 0 unspecified atom stereocenters. The number of carbonyl (C=O) groups is 1. The highest BCUT2D eigenvalue weighted by molar-refractivity contribution is 5.87. The van der Waals surface area contributed by atoms with Gasteiger partial charge in [-0.2, -0.15) is 5.10 Å². The van der Waals surface area contributed by atoms with Crippen LogP contribution in [0.15, 0.2) is 38.6 Å². The van der Waals surface area contributed by atoms with Gasteiger partial charge in [0.15, 0.2) is 0 Å². The van der Waals surface area contributed by atoms with Gasteiger partial charge in [0, 0.05) is 23.7 Å². The Kier molecular flexibility index (Phi) is 3.61. The summed E-state index contributed by atoms with van der Waals surface area (Å²) in [6.07, 6.45) is 1.46. The summed E-state index contributed by atoms with van der Waals surface area (Å²) in [6, 6.07) is 5.66. The second-order valence-electron chi connectivity index (χ2n) is 3.87. The number of amides is 1. The molecule has 1 amide bonds. The topological polar surface area (TPSA) is 91.9 Å². The van der Waals surface area contributed by atoms with E-state index in [0.717, 1.165) is 0 Å². The molecule has 2 N–H and O–H groups in total. The molecule has 0 saturated heterocycles. The number of hydrazone groups is 1. The van der Waals surface area contributed by atoms with Gasteiger partial charge < -0.3 is 9.52 Å². The molecule has 0 bridgehead atoms. The molecule has 0 saturated carbocycles. The Labute approximate surface area is 108 Å². The molecule has 19 heavy (non-hydrogen) atoms. The summed E-state index contributed by atoms with van der Waals surface area (Å²) in [6.45, 7) is 1.68. The van der Waals surface area contributed by atoms with E-state index in [2.05, 4.69) is 10.5 Å². The first-order chi connectivity index (χ1) is 9.10. The molecule has 1 heterocycles. The van der Waals surface area contributed by atoms with Crippen LogP contribution in [-0.4, -0.2) is 17.2 Å². The summed E-state index contributed by atoms with van der Waals surface area (Å²) < 4.78 is 4.97. The van der Waals surface area contributed by atoms with Crippen molar-refractivity contribution in [2.75, 3.05) is 0 Å². The van der Waals surface area contributed by atoms with E-state index in [-0.39, 0.29) is 23.7 Å². The molecular weight excluding hydrogens is 248 g/mol. The molecule has 1 aromatic carbocycles. The maximum Gasteiger partial charge on any atom is 0.336 e. The first kappa shape index (κ1) is 12.8. The lowest BCUT2D eigenvalue weighted by molar-refractivity contribution is -0.120. The van der Waals surface area contributed by atoms with E-state index in [4.69, 9.17) is 4.42 Å². The Bertz CT molecular complexity index is 703. The normalized spacial score (nSPS) is 11.0. The lowest BCUT2D eigenvalue weighted by atomic mass is 10.1. The van der Waals surface area contributed by atoms with Crippen molar-refractivity contribution < 1.29 is 14.3 Å². The molecule has 2 aromatic rings. The van der Waals surface area contributed by atoms with Crippen molar-refractivity contribution in [3.05, 3.63) is 40.2 Å². The molecule has 0 radical (unpaired) electrons. The minimum absolute atomic E-state index is 0.00418. The van der Waals surface area contributed by atoms with Gasteiger partial charge in [-0.3, -0.25) is 4.79 Å². The molecule has 0 aliphatic rings. The van der Waals surface area contributed by atoms with Crippen molar-refractivity contribution in [3.63, 3.8) is 0 Å².